The molecular weight excluding hydrogens is 228 g/mol. The summed E-state index contributed by atoms with van der Waals surface area (Å²) in [4.78, 5) is 14.0. The van der Waals surface area contributed by atoms with E-state index in [1.54, 1.807) is 6.20 Å². The van der Waals surface area contributed by atoms with Gasteiger partial charge in [0.2, 0.25) is 5.91 Å². The first-order valence-electron chi connectivity index (χ1n) is 6.79. The quantitative estimate of drug-likeness (QED) is 0.770. The largest absolute Gasteiger partial charge is 0.342 e. The number of carbonyl (C=O) groups is 1. The van der Waals surface area contributed by atoms with Gasteiger partial charge in [0.15, 0.2) is 0 Å². The van der Waals surface area contributed by atoms with Gasteiger partial charge in [-0.2, -0.15) is 5.10 Å². The number of nitrogens with one attached hydrogen (secondary N) is 2. The van der Waals surface area contributed by atoms with Gasteiger partial charge < -0.3 is 10.2 Å². The first-order valence-corrected chi connectivity index (χ1v) is 6.79. The molecule has 2 N–H and O–H groups in total. The molecule has 1 aromatic rings. The van der Waals surface area contributed by atoms with Crippen LogP contribution in [0.3, 0.4) is 0 Å². The van der Waals surface area contributed by atoms with E-state index in [1.807, 2.05) is 11.0 Å². The Bertz CT molecular complexity index is 363. The van der Waals surface area contributed by atoms with Crippen LogP contribution in [0.1, 0.15) is 37.8 Å². The number of amides is 1. The van der Waals surface area contributed by atoms with E-state index < -0.39 is 0 Å². The normalized spacial score (nSPS) is 20.1. The number of carbonyl (C=O) groups excluding carboxylic acids is 1. The molecule has 1 atom stereocenters. The molecule has 18 heavy (non-hydrogen) atoms. The summed E-state index contributed by atoms with van der Waals surface area (Å²) in [5.41, 5.74) is 1.15. The maximum absolute atomic E-state index is 12.0. The van der Waals surface area contributed by atoms with Gasteiger partial charge in [0.05, 0.1) is 0 Å². The van der Waals surface area contributed by atoms with E-state index in [0.717, 1.165) is 44.7 Å². The number of rotatable bonds is 5. The second-order valence-electron chi connectivity index (χ2n) is 4.79. The zero-order valence-electron chi connectivity index (χ0n) is 11.0. The lowest BCUT2D eigenvalue weighted by Crippen LogP contribution is -2.40. The van der Waals surface area contributed by atoms with Gasteiger partial charge in [0.25, 0.3) is 0 Å². The standard InChI is InChI=1S/C13H22N4O/c1-2-14-7-6-13(18)17-9-3-4-11(10-17)12-5-8-15-16-12/h5,8,11,14H,2-4,6-7,9-10H2,1H3,(H,15,16). The third-order valence-electron chi connectivity index (χ3n) is 3.50. The minimum atomic E-state index is 0.264. The monoisotopic (exact) mass is 250 g/mol. The molecule has 1 fully saturated rings. The fourth-order valence-electron chi connectivity index (χ4n) is 2.48. The average Bonchev–Trinajstić information content (AvgIpc) is 2.93. The fraction of sp³-hybridized carbons (Fsp3) is 0.692. The van der Waals surface area contributed by atoms with Gasteiger partial charge in [0, 0.05) is 43.9 Å². The number of aromatic amines is 1. The van der Waals surface area contributed by atoms with Crippen molar-refractivity contribution in [2.75, 3.05) is 26.2 Å². The van der Waals surface area contributed by atoms with Crippen molar-refractivity contribution in [3.8, 4) is 0 Å². The maximum atomic E-state index is 12.0. The Hall–Kier alpha value is -1.36. The summed E-state index contributed by atoms with van der Waals surface area (Å²) >= 11 is 0. The molecule has 1 saturated heterocycles. The number of nitrogens with zero attached hydrogens (tertiary/aromatic N) is 2. The van der Waals surface area contributed by atoms with Gasteiger partial charge in [-0.15, -0.1) is 0 Å². The van der Waals surface area contributed by atoms with E-state index in [0.29, 0.717) is 12.3 Å². The third-order valence-corrected chi connectivity index (χ3v) is 3.50. The van der Waals surface area contributed by atoms with Crippen molar-refractivity contribution in [3.63, 3.8) is 0 Å². The summed E-state index contributed by atoms with van der Waals surface area (Å²) in [5.74, 6) is 0.685. The summed E-state index contributed by atoms with van der Waals surface area (Å²) < 4.78 is 0. The first-order chi connectivity index (χ1) is 8.81. The molecular formula is C13H22N4O. The van der Waals surface area contributed by atoms with Crippen LogP contribution in [0.25, 0.3) is 0 Å². The van der Waals surface area contributed by atoms with Crippen molar-refractivity contribution in [2.24, 2.45) is 0 Å². The highest BCUT2D eigenvalue weighted by molar-refractivity contribution is 5.76. The topological polar surface area (TPSA) is 61.0 Å². The molecule has 1 aliphatic heterocycles. The second-order valence-corrected chi connectivity index (χ2v) is 4.79. The molecule has 0 bridgehead atoms. The number of H-pyrrole nitrogens is 1. The van der Waals surface area contributed by atoms with Crippen LogP contribution in [-0.4, -0.2) is 47.2 Å². The Labute approximate surface area is 108 Å². The smallest absolute Gasteiger partial charge is 0.223 e. The summed E-state index contributed by atoms with van der Waals surface area (Å²) in [6.45, 7) is 5.48. The lowest BCUT2D eigenvalue weighted by atomic mass is 9.95. The summed E-state index contributed by atoms with van der Waals surface area (Å²) in [7, 11) is 0. The lowest BCUT2D eigenvalue weighted by molar-refractivity contribution is -0.132. The van der Waals surface area contributed by atoms with Crippen molar-refractivity contribution >= 4 is 5.91 Å². The van der Waals surface area contributed by atoms with Crippen LogP contribution in [0.4, 0.5) is 0 Å². The Balaban J connectivity index is 1.84. The molecule has 1 aromatic heterocycles. The van der Waals surface area contributed by atoms with E-state index in [-0.39, 0.29) is 5.91 Å². The predicted octanol–water partition coefficient (Wildman–Crippen LogP) is 1.12. The molecule has 1 unspecified atom stereocenters. The second kappa shape index (κ2) is 6.54. The van der Waals surface area contributed by atoms with E-state index in [4.69, 9.17) is 0 Å². The Morgan fingerprint density at radius 3 is 3.28 bits per heavy atom. The minimum Gasteiger partial charge on any atom is -0.342 e. The zero-order valence-corrected chi connectivity index (χ0v) is 11.0. The van der Waals surface area contributed by atoms with Crippen molar-refractivity contribution in [1.29, 1.82) is 0 Å². The molecule has 0 radical (unpaired) electrons. The van der Waals surface area contributed by atoms with Gasteiger partial charge in [-0.1, -0.05) is 6.92 Å². The fourth-order valence-corrected chi connectivity index (χ4v) is 2.48. The Morgan fingerprint density at radius 1 is 1.67 bits per heavy atom. The van der Waals surface area contributed by atoms with Gasteiger partial charge in [0.1, 0.15) is 0 Å². The number of aromatic nitrogens is 2. The predicted molar refractivity (Wildman–Crippen MR) is 70.3 cm³/mol. The molecule has 2 heterocycles. The molecule has 5 nitrogen and oxygen atoms in total. The number of likely N-dealkylation sites (tertiary alicyclic amines) is 1. The van der Waals surface area contributed by atoms with E-state index >= 15 is 0 Å². The summed E-state index contributed by atoms with van der Waals surface area (Å²) in [6.07, 6.45) is 4.60. The number of piperidine rings is 1. The van der Waals surface area contributed by atoms with Crippen LogP contribution >= 0.6 is 0 Å². The molecule has 1 amide bonds. The molecule has 100 valence electrons. The van der Waals surface area contributed by atoms with Gasteiger partial charge >= 0.3 is 0 Å². The van der Waals surface area contributed by atoms with Crippen LogP contribution in [0.15, 0.2) is 12.3 Å². The molecule has 0 spiro atoms. The van der Waals surface area contributed by atoms with Gasteiger partial charge in [-0.25, -0.2) is 0 Å². The van der Waals surface area contributed by atoms with E-state index in [2.05, 4.69) is 22.4 Å². The molecule has 0 aromatic carbocycles. The SMILES string of the molecule is CCNCCC(=O)N1CCCC(c2ccn[nH]2)C1. The summed E-state index contributed by atoms with van der Waals surface area (Å²) in [5, 5.41) is 10.2. The highest BCUT2D eigenvalue weighted by Crippen LogP contribution is 2.25. The molecule has 0 saturated carbocycles. The van der Waals surface area contributed by atoms with E-state index in [9.17, 15) is 4.79 Å². The summed E-state index contributed by atoms with van der Waals surface area (Å²) in [6, 6.07) is 2.01. The van der Waals surface area contributed by atoms with Crippen LogP contribution < -0.4 is 5.32 Å². The Morgan fingerprint density at radius 2 is 2.56 bits per heavy atom. The van der Waals surface area contributed by atoms with Crippen LogP contribution in [-0.2, 0) is 4.79 Å². The zero-order chi connectivity index (χ0) is 12.8. The lowest BCUT2D eigenvalue weighted by Gasteiger charge is -2.32. The van der Waals surface area contributed by atoms with Crippen LogP contribution in [0, 0.1) is 0 Å². The van der Waals surface area contributed by atoms with Gasteiger partial charge in [-0.05, 0) is 25.5 Å². The highest BCUT2D eigenvalue weighted by atomic mass is 16.2. The van der Waals surface area contributed by atoms with E-state index in [1.165, 1.54) is 0 Å². The molecule has 2 rings (SSSR count). The van der Waals surface area contributed by atoms with Crippen LogP contribution in [0.5, 0.6) is 0 Å². The Kier molecular flexibility index (Phi) is 4.75. The average molecular weight is 250 g/mol. The van der Waals surface area contributed by atoms with Crippen molar-refractivity contribution in [3.05, 3.63) is 18.0 Å². The van der Waals surface area contributed by atoms with Crippen molar-refractivity contribution in [1.82, 2.24) is 20.4 Å². The highest BCUT2D eigenvalue weighted by Gasteiger charge is 2.24. The minimum absolute atomic E-state index is 0.264. The molecule has 0 aliphatic carbocycles. The molecule has 1 aliphatic rings. The van der Waals surface area contributed by atoms with Crippen molar-refractivity contribution < 1.29 is 4.79 Å². The van der Waals surface area contributed by atoms with Crippen LogP contribution in [0.2, 0.25) is 0 Å². The van der Waals surface area contributed by atoms with Crippen molar-refractivity contribution in [2.45, 2.75) is 32.1 Å². The maximum Gasteiger partial charge on any atom is 0.223 e. The molecule has 5 heteroatoms. The third kappa shape index (κ3) is 3.32. The first kappa shape index (κ1) is 13.1. The van der Waals surface area contributed by atoms with Gasteiger partial charge in [-0.3, -0.25) is 9.89 Å². The number of hydrogen-bond acceptors (Lipinski definition) is 3. The number of hydrogen-bond donors (Lipinski definition) is 2.